The molecule has 0 aromatic heterocycles. The Morgan fingerprint density at radius 1 is 1.45 bits per heavy atom. The van der Waals surface area contributed by atoms with Crippen LogP contribution < -0.4 is 0 Å². The van der Waals surface area contributed by atoms with Gasteiger partial charge >= 0.3 is 0 Å². The summed E-state index contributed by atoms with van der Waals surface area (Å²) >= 11 is 0. The van der Waals surface area contributed by atoms with E-state index in [1.54, 1.807) is 0 Å². The maximum absolute atomic E-state index is 11.9. The van der Waals surface area contributed by atoms with Crippen LogP contribution in [0.25, 0.3) is 0 Å². The third-order valence-electron chi connectivity index (χ3n) is 1.81. The molecular weight excluding hydrogens is 145 g/mol. The highest BCUT2D eigenvalue weighted by atomic mass is 19.1. The van der Waals surface area contributed by atoms with Crippen molar-refractivity contribution in [2.45, 2.75) is 32.4 Å². The molecule has 0 aromatic rings. The first-order valence-corrected chi connectivity index (χ1v) is 3.83. The van der Waals surface area contributed by atoms with Crippen LogP contribution in [0.4, 0.5) is 4.39 Å². The number of nitrogens with zero attached hydrogens (tertiary/aromatic N) is 1. The number of likely N-dealkylation sites (N-methyl/N-ethyl adjacent to an activating group) is 1. The Morgan fingerprint density at radius 3 is 2.18 bits per heavy atom. The summed E-state index contributed by atoms with van der Waals surface area (Å²) in [5, 5.41) is 8.98. The summed E-state index contributed by atoms with van der Waals surface area (Å²) in [7, 11) is 1.87. The van der Waals surface area contributed by atoms with Gasteiger partial charge in [-0.2, -0.15) is 0 Å². The lowest BCUT2D eigenvalue weighted by Crippen LogP contribution is -2.43. The van der Waals surface area contributed by atoms with E-state index in [0.29, 0.717) is 6.54 Å². The van der Waals surface area contributed by atoms with Gasteiger partial charge in [0.25, 0.3) is 0 Å². The van der Waals surface area contributed by atoms with Crippen molar-refractivity contribution in [1.29, 1.82) is 0 Å². The normalized spacial score (nSPS) is 15.5. The lowest BCUT2D eigenvalue weighted by atomic mass is 10.1. The minimum absolute atomic E-state index is 0.00382. The smallest absolute Gasteiger partial charge is 0.117 e. The van der Waals surface area contributed by atoms with Gasteiger partial charge < -0.3 is 5.11 Å². The number of rotatable bonds is 3. The van der Waals surface area contributed by atoms with E-state index in [1.807, 2.05) is 32.7 Å². The highest BCUT2D eigenvalue weighted by molar-refractivity contribution is 4.74. The Bertz CT molecular complexity index is 111. The van der Waals surface area contributed by atoms with Gasteiger partial charge in [0, 0.05) is 12.1 Å². The van der Waals surface area contributed by atoms with Gasteiger partial charge in [0.15, 0.2) is 0 Å². The zero-order valence-electron chi connectivity index (χ0n) is 7.76. The van der Waals surface area contributed by atoms with Gasteiger partial charge in [0.2, 0.25) is 0 Å². The van der Waals surface area contributed by atoms with Gasteiger partial charge in [-0.25, -0.2) is 4.39 Å². The summed E-state index contributed by atoms with van der Waals surface area (Å²) in [6.45, 7) is 5.80. The molecule has 0 aliphatic heterocycles. The largest absolute Gasteiger partial charge is 0.389 e. The zero-order chi connectivity index (χ0) is 9.07. The van der Waals surface area contributed by atoms with Gasteiger partial charge in [-0.1, -0.05) is 0 Å². The van der Waals surface area contributed by atoms with E-state index < -0.39 is 12.8 Å². The standard InChI is InChI=1S/C8H18FNO/c1-8(2,3)10(4)6-7(11)5-9/h7,11H,5-6H2,1-4H3. The summed E-state index contributed by atoms with van der Waals surface area (Å²) in [6.07, 6.45) is -0.848. The van der Waals surface area contributed by atoms with Crippen LogP contribution in [-0.4, -0.2) is 41.9 Å². The molecule has 68 valence electrons. The van der Waals surface area contributed by atoms with Crippen LogP contribution in [-0.2, 0) is 0 Å². The van der Waals surface area contributed by atoms with Crippen LogP contribution in [0.15, 0.2) is 0 Å². The third-order valence-corrected chi connectivity index (χ3v) is 1.81. The SMILES string of the molecule is CN(CC(O)CF)C(C)(C)C. The summed E-state index contributed by atoms with van der Waals surface area (Å²) in [4.78, 5) is 1.93. The summed E-state index contributed by atoms with van der Waals surface area (Å²) in [5.41, 5.74) is -0.00382. The fourth-order valence-corrected chi connectivity index (χ4v) is 0.639. The van der Waals surface area contributed by atoms with Crippen molar-refractivity contribution in [2.24, 2.45) is 0 Å². The zero-order valence-corrected chi connectivity index (χ0v) is 7.76. The van der Waals surface area contributed by atoms with Gasteiger partial charge in [0.1, 0.15) is 6.67 Å². The van der Waals surface area contributed by atoms with Crippen molar-refractivity contribution >= 4 is 0 Å². The molecule has 0 aromatic carbocycles. The van der Waals surface area contributed by atoms with E-state index >= 15 is 0 Å². The van der Waals surface area contributed by atoms with Crippen molar-refractivity contribution in [3.63, 3.8) is 0 Å². The summed E-state index contributed by atoms with van der Waals surface area (Å²) in [6, 6.07) is 0. The molecule has 0 saturated heterocycles. The second kappa shape index (κ2) is 4.02. The van der Waals surface area contributed by atoms with Crippen LogP contribution >= 0.6 is 0 Å². The Balaban J connectivity index is 3.77. The molecule has 0 heterocycles. The first-order chi connectivity index (χ1) is 4.88. The van der Waals surface area contributed by atoms with Crippen molar-refractivity contribution in [3.05, 3.63) is 0 Å². The Labute approximate surface area is 68.0 Å². The number of halogens is 1. The average Bonchev–Trinajstić information content (AvgIpc) is 1.85. The van der Waals surface area contributed by atoms with Crippen molar-refractivity contribution in [2.75, 3.05) is 20.3 Å². The fourth-order valence-electron chi connectivity index (χ4n) is 0.639. The molecule has 0 spiro atoms. The van der Waals surface area contributed by atoms with E-state index in [2.05, 4.69) is 0 Å². The molecule has 1 N–H and O–H groups in total. The lowest BCUT2D eigenvalue weighted by Gasteiger charge is -2.32. The first kappa shape index (κ1) is 10.8. The van der Waals surface area contributed by atoms with E-state index in [9.17, 15) is 4.39 Å². The van der Waals surface area contributed by atoms with E-state index in [0.717, 1.165) is 0 Å². The molecule has 0 amide bonds. The van der Waals surface area contributed by atoms with Crippen molar-refractivity contribution in [3.8, 4) is 0 Å². The second-order valence-corrected chi connectivity index (χ2v) is 3.86. The molecule has 0 aliphatic carbocycles. The molecule has 1 atom stereocenters. The minimum Gasteiger partial charge on any atom is -0.389 e. The van der Waals surface area contributed by atoms with Crippen LogP contribution in [0.3, 0.4) is 0 Å². The maximum atomic E-state index is 11.9. The predicted molar refractivity (Wildman–Crippen MR) is 44.4 cm³/mol. The van der Waals surface area contributed by atoms with Gasteiger partial charge in [-0.05, 0) is 27.8 Å². The van der Waals surface area contributed by atoms with E-state index in [1.165, 1.54) is 0 Å². The predicted octanol–water partition coefficient (Wildman–Crippen LogP) is 1.05. The molecule has 11 heavy (non-hydrogen) atoms. The molecule has 0 rings (SSSR count). The quantitative estimate of drug-likeness (QED) is 0.672. The fraction of sp³-hybridized carbons (Fsp3) is 1.00. The van der Waals surface area contributed by atoms with Crippen LogP contribution in [0.2, 0.25) is 0 Å². The number of hydrogen-bond donors (Lipinski definition) is 1. The van der Waals surface area contributed by atoms with Gasteiger partial charge in [0.05, 0.1) is 6.10 Å². The number of alkyl halides is 1. The first-order valence-electron chi connectivity index (χ1n) is 3.83. The molecule has 1 unspecified atom stereocenters. The minimum atomic E-state index is -0.848. The molecule has 0 saturated carbocycles. The third kappa shape index (κ3) is 4.32. The molecule has 0 radical (unpaired) electrons. The number of aliphatic hydroxyl groups excluding tert-OH is 1. The van der Waals surface area contributed by atoms with E-state index in [4.69, 9.17) is 5.11 Å². The molecule has 3 heteroatoms. The summed E-state index contributed by atoms with van der Waals surface area (Å²) < 4.78 is 11.9. The topological polar surface area (TPSA) is 23.5 Å². The van der Waals surface area contributed by atoms with E-state index in [-0.39, 0.29) is 5.54 Å². The molecule has 0 bridgehead atoms. The Morgan fingerprint density at radius 2 is 1.91 bits per heavy atom. The Hall–Kier alpha value is -0.150. The number of hydrogen-bond acceptors (Lipinski definition) is 2. The molecular formula is C8H18FNO. The number of β-amino-alcohol motifs (C(OH)–C–C–N with tert-alkyl or cyclic N) is 1. The van der Waals surface area contributed by atoms with Gasteiger partial charge in [-0.3, -0.25) is 4.90 Å². The molecule has 0 aliphatic rings. The monoisotopic (exact) mass is 163 g/mol. The van der Waals surface area contributed by atoms with Crippen molar-refractivity contribution in [1.82, 2.24) is 4.90 Å². The van der Waals surface area contributed by atoms with Crippen LogP contribution in [0.5, 0.6) is 0 Å². The van der Waals surface area contributed by atoms with Crippen LogP contribution in [0, 0.1) is 0 Å². The highest BCUT2D eigenvalue weighted by Crippen LogP contribution is 2.10. The van der Waals surface area contributed by atoms with Gasteiger partial charge in [-0.15, -0.1) is 0 Å². The second-order valence-electron chi connectivity index (χ2n) is 3.86. The maximum Gasteiger partial charge on any atom is 0.117 e. The molecule has 0 fully saturated rings. The number of aliphatic hydroxyl groups is 1. The molecule has 2 nitrogen and oxygen atoms in total. The lowest BCUT2D eigenvalue weighted by molar-refractivity contribution is 0.0631. The van der Waals surface area contributed by atoms with Crippen molar-refractivity contribution < 1.29 is 9.50 Å². The average molecular weight is 163 g/mol. The highest BCUT2D eigenvalue weighted by Gasteiger charge is 2.19. The van der Waals surface area contributed by atoms with Crippen LogP contribution in [0.1, 0.15) is 20.8 Å². The summed E-state index contributed by atoms with van der Waals surface area (Å²) in [5.74, 6) is 0. The Kier molecular flexibility index (Phi) is 3.97.